The van der Waals surface area contributed by atoms with E-state index in [1.165, 1.54) is 0 Å². The van der Waals surface area contributed by atoms with Gasteiger partial charge in [0.25, 0.3) is 0 Å². The molecule has 3 nitrogen and oxygen atoms in total. The molecule has 1 N–H and O–H groups in total. The van der Waals surface area contributed by atoms with Gasteiger partial charge in [0.1, 0.15) is 6.04 Å². The van der Waals surface area contributed by atoms with Gasteiger partial charge in [-0.2, -0.15) is 0 Å². The van der Waals surface area contributed by atoms with Crippen LogP contribution in [-0.2, 0) is 4.79 Å². The van der Waals surface area contributed by atoms with E-state index in [0.29, 0.717) is 0 Å². The molecule has 1 unspecified atom stereocenters. The molecule has 1 aliphatic heterocycles. The number of rotatable bonds is 3. The van der Waals surface area contributed by atoms with E-state index in [0.717, 1.165) is 31.8 Å². The van der Waals surface area contributed by atoms with Crippen molar-refractivity contribution in [1.29, 1.82) is 0 Å². The Kier molecular flexibility index (Phi) is 3.93. The second kappa shape index (κ2) is 4.78. The zero-order valence-corrected chi connectivity index (χ0v) is 9.36. The number of carbonyl (C=O) groups is 1. The van der Waals surface area contributed by atoms with Gasteiger partial charge in [0.15, 0.2) is 0 Å². The molecule has 1 atom stereocenters. The summed E-state index contributed by atoms with van der Waals surface area (Å²) in [6, 6.07) is -0.289. The first kappa shape index (κ1) is 11.5. The van der Waals surface area contributed by atoms with E-state index in [4.69, 9.17) is 5.11 Å². The zero-order valence-electron chi connectivity index (χ0n) is 9.36. The fourth-order valence-electron chi connectivity index (χ4n) is 2.17. The maximum atomic E-state index is 11.1. The van der Waals surface area contributed by atoms with Crippen molar-refractivity contribution in [2.75, 3.05) is 13.1 Å². The van der Waals surface area contributed by atoms with Crippen molar-refractivity contribution in [3.05, 3.63) is 0 Å². The van der Waals surface area contributed by atoms with Gasteiger partial charge in [0.2, 0.25) is 0 Å². The van der Waals surface area contributed by atoms with Gasteiger partial charge in [-0.15, -0.1) is 0 Å². The minimum absolute atomic E-state index is 0.195. The molecule has 0 amide bonds. The standard InChI is InChI=1S/C11H21NO2/c1-8(2)10(11(13)14)12-6-4-9(3)5-7-12/h8-10H,4-7H2,1-3H3,(H,13,14). The molecule has 0 saturated carbocycles. The second-order valence-electron chi connectivity index (χ2n) is 4.75. The monoisotopic (exact) mass is 199 g/mol. The van der Waals surface area contributed by atoms with Gasteiger partial charge < -0.3 is 5.11 Å². The fraction of sp³-hybridized carbons (Fsp3) is 0.909. The summed E-state index contributed by atoms with van der Waals surface area (Å²) >= 11 is 0. The van der Waals surface area contributed by atoms with Crippen molar-refractivity contribution >= 4 is 5.97 Å². The molecule has 14 heavy (non-hydrogen) atoms. The quantitative estimate of drug-likeness (QED) is 0.754. The summed E-state index contributed by atoms with van der Waals surface area (Å²) in [6.07, 6.45) is 2.27. The molecule has 0 spiro atoms. The van der Waals surface area contributed by atoms with Crippen LogP contribution in [0.15, 0.2) is 0 Å². The van der Waals surface area contributed by atoms with E-state index in [2.05, 4.69) is 11.8 Å². The van der Waals surface area contributed by atoms with E-state index < -0.39 is 5.97 Å². The van der Waals surface area contributed by atoms with Crippen LogP contribution in [0, 0.1) is 11.8 Å². The maximum Gasteiger partial charge on any atom is 0.321 e. The third-order valence-corrected chi connectivity index (χ3v) is 3.10. The lowest BCUT2D eigenvalue weighted by Crippen LogP contribution is -2.48. The number of carboxylic acids is 1. The lowest BCUT2D eigenvalue weighted by Gasteiger charge is -2.36. The Morgan fingerprint density at radius 1 is 1.36 bits per heavy atom. The van der Waals surface area contributed by atoms with Crippen molar-refractivity contribution in [3.8, 4) is 0 Å². The average molecular weight is 199 g/mol. The average Bonchev–Trinajstić information content (AvgIpc) is 2.07. The number of carboxylic acid groups (broad SMARTS) is 1. The fourth-order valence-corrected chi connectivity index (χ4v) is 2.17. The molecular formula is C11H21NO2. The third kappa shape index (κ3) is 2.71. The highest BCUT2D eigenvalue weighted by atomic mass is 16.4. The molecule has 0 aromatic heterocycles. The summed E-state index contributed by atoms with van der Waals surface area (Å²) < 4.78 is 0. The Bertz CT molecular complexity index is 195. The van der Waals surface area contributed by atoms with Crippen molar-refractivity contribution in [2.24, 2.45) is 11.8 Å². The third-order valence-electron chi connectivity index (χ3n) is 3.10. The lowest BCUT2D eigenvalue weighted by molar-refractivity contribution is -0.145. The molecule has 0 aromatic carbocycles. The molecule has 1 fully saturated rings. The Balaban J connectivity index is 2.56. The first-order valence-electron chi connectivity index (χ1n) is 5.49. The van der Waals surface area contributed by atoms with Gasteiger partial charge in [-0.1, -0.05) is 20.8 Å². The van der Waals surface area contributed by atoms with Crippen LogP contribution < -0.4 is 0 Å². The van der Waals surface area contributed by atoms with Crippen LogP contribution in [0.25, 0.3) is 0 Å². The van der Waals surface area contributed by atoms with E-state index >= 15 is 0 Å². The summed E-state index contributed by atoms with van der Waals surface area (Å²) in [4.78, 5) is 13.2. The van der Waals surface area contributed by atoms with Crippen LogP contribution in [0.2, 0.25) is 0 Å². The smallest absolute Gasteiger partial charge is 0.321 e. The number of nitrogens with zero attached hydrogens (tertiary/aromatic N) is 1. The second-order valence-corrected chi connectivity index (χ2v) is 4.75. The van der Waals surface area contributed by atoms with Crippen LogP contribution in [0.5, 0.6) is 0 Å². The van der Waals surface area contributed by atoms with Crippen molar-refractivity contribution in [2.45, 2.75) is 39.7 Å². The molecule has 1 saturated heterocycles. The van der Waals surface area contributed by atoms with Crippen molar-refractivity contribution in [3.63, 3.8) is 0 Å². The predicted molar refractivity (Wildman–Crippen MR) is 56.2 cm³/mol. The molecule has 1 rings (SSSR count). The molecule has 0 aliphatic carbocycles. The summed E-state index contributed by atoms with van der Waals surface area (Å²) in [6.45, 7) is 8.09. The molecule has 3 heteroatoms. The Morgan fingerprint density at radius 2 is 1.86 bits per heavy atom. The highest BCUT2D eigenvalue weighted by Crippen LogP contribution is 2.21. The van der Waals surface area contributed by atoms with E-state index in [1.54, 1.807) is 0 Å². The van der Waals surface area contributed by atoms with Gasteiger partial charge >= 0.3 is 5.97 Å². The molecule has 1 aliphatic rings. The molecule has 0 bridgehead atoms. The first-order chi connectivity index (χ1) is 6.52. The predicted octanol–water partition coefficient (Wildman–Crippen LogP) is 1.83. The van der Waals surface area contributed by atoms with E-state index in [-0.39, 0.29) is 12.0 Å². The number of hydrogen-bond donors (Lipinski definition) is 1. The molecular weight excluding hydrogens is 178 g/mol. The normalized spacial score (nSPS) is 22.6. The molecule has 0 radical (unpaired) electrons. The Labute approximate surface area is 86.1 Å². The minimum atomic E-state index is -0.672. The number of piperidine rings is 1. The van der Waals surface area contributed by atoms with E-state index in [9.17, 15) is 4.79 Å². The lowest BCUT2D eigenvalue weighted by atomic mass is 9.94. The van der Waals surface area contributed by atoms with Gasteiger partial charge in [-0.25, -0.2) is 0 Å². The zero-order chi connectivity index (χ0) is 10.7. The minimum Gasteiger partial charge on any atom is -0.480 e. The van der Waals surface area contributed by atoms with Crippen LogP contribution >= 0.6 is 0 Å². The van der Waals surface area contributed by atoms with Crippen molar-refractivity contribution in [1.82, 2.24) is 4.90 Å². The highest BCUT2D eigenvalue weighted by Gasteiger charge is 2.30. The number of hydrogen-bond acceptors (Lipinski definition) is 2. The van der Waals surface area contributed by atoms with Crippen LogP contribution in [0.4, 0.5) is 0 Å². The summed E-state index contributed by atoms with van der Waals surface area (Å²) in [7, 11) is 0. The van der Waals surface area contributed by atoms with Gasteiger partial charge in [-0.05, 0) is 37.8 Å². The highest BCUT2D eigenvalue weighted by molar-refractivity contribution is 5.73. The summed E-state index contributed by atoms with van der Waals surface area (Å²) in [5, 5.41) is 9.12. The topological polar surface area (TPSA) is 40.5 Å². The maximum absolute atomic E-state index is 11.1. The molecule has 1 heterocycles. The number of aliphatic carboxylic acids is 1. The van der Waals surface area contributed by atoms with E-state index in [1.807, 2.05) is 13.8 Å². The van der Waals surface area contributed by atoms with Crippen LogP contribution in [0.3, 0.4) is 0 Å². The Hall–Kier alpha value is -0.570. The first-order valence-corrected chi connectivity index (χ1v) is 5.49. The SMILES string of the molecule is CC1CCN(C(C(=O)O)C(C)C)CC1. The molecule has 82 valence electrons. The van der Waals surface area contributed by atoms with Gasteiger partial charge in [-0.3, -0.25) is 9.69 Å². The Morgan fingerprint density at radius 3 is 2.21 bits per heavy atom. The van der Waals surface area contributed by atoms with Crippen LogP contribution in [-0.4, -0.2) is 35.1 Å². The number of likely N-dealkylation sites (tertiary alicyclic amines) is 1. The van der Waals surface area contributed by atoms with Gasteiger partial charge in [0, 0.05) is 0 Å². The van der Waals surface area contributed by atoms with Crippen LogP contribution in [0.1, 0.15) is 33.6 Å². The summed E-state index contributed by atoms with van der Waals surface area (Å²) in [5.74, 6) is 0.281. The van der Waals surface area contributed by atoms with Gasteiger partial charge in [0.05, 0.1) is 0 Å². The van der Waals surface area contributed by atoms with Crippen molar-refractivity contribution < 1.29 is 9.90 Å². The molecule has 0 aromatic rings. The summed E-state index contributed by atoms with van der Waals surface area (Å²) in [5.41, 5.74) is 0. The largest absolute Gasteiger partial charge is 0.480 e.